The average molecular weight is 427 g/mol. The molecule has 4 rings (SSSR count). The average Bonchev–Trinajstić information content (AvgIpc) is 3.17. The van der Waals surface area contributed by atoms with Crippen LogP contribution < -0.4 is 10.2 Å². The van der Waals surface area contributed by atoms with E-state index in [0.717, 1.165) is 17.7 Å². The Labute approximate surface area is 176 Å². The van der Waals surface area contributed by atoms with Gasteiger partial charge in [-0.15, -0.1) is 0 Å². The minimum atomic E-state index is -0.578. The van der Waals surface area contributed by atoms with Gasteiger partial charge in [0, 0.05) is 23.4 Å². The van der Waals surface area contributed by atoms with Gasteiger partial charge in [0.1, 0.15) is 17.6 Å². The Morgan fingerprint density at radius 2 is 2.27 bits per heavy atom. The van der Waals surface area contributed by atoms with Gasteiger partial charge in [0.05, 0.1) is 42.4 Å². The zero-order valence-corrected chi connectivity index (χ0v) is 16.4. The number of nitrogens with zero attached hydrogens (tertiary/aromatic N) is 4. The van der Waals surface area contributed by atoms with Crippen molar-refractivity contribution in [3.63, 3.8) is 0 Å². The Morgan fingerprint density at radius 1 is 1.40 bits per heavy atom. The van der Waals surface area contributed by atoms with E-state index in [1.54, 1.807) is 6.07 Å². The van der Waals surface area contributed by atoms with Crippen LogP contribution >= 0.6 is 11.6 Å². The summed E-state index contributed by atoms with van der Waals surface area (Å²) in [5, 5.41) is 18.9. The van der Waals surface area contributed by atoms with Crippen LogP contribution in [0.5, 0.6) is 0 Å². The molecule has 10 heteroatoms. The number of carbonyl (C=O) groups is 1. The number of nitriles is 1. The molecule has 8 nitrogen and oxygen atoms in total. The van der Waals surface area contributed by atoms with Crippen LogP contribution in [-0.2, 0) is 24.3 Å². The summed E-state index contributed by atoms with van der Waals surface area (Å²) in [7, 11) is 0. The van der Waals surface area contributed by atoms with Gasteiger partial charge in [-0.1, -0.05) is 11.6 Å². The highest BCUT2D eigenvalue weighted by atomic mass is 35.5. The van der Waals surface area contributed by atoms with Crippen LogP contribution in [0.4, 0.5) is 20.6 Å². The van der Waals surface area contributed by atoms with Crippen molar-refractivity contribution < 1.29 is 13.9 Å². The molecular weight excluding hydrogens is 411 g/mol. The van der Waals surface area contributed by atoms with Crippen molar-refractivity contribution >= 4 is 29.0 Å². The van der Waals surface area contributed by atoms with Crippen molar-refractivity contribution in [2.45, 2.75) is 19.6 Å². The lowest BCUT2D eigenvalue weighted by atomic mass is 10.1. The summed E-state index contributed by atoms with van der Waals surface area (Å²) >= 11 is 5.81. The molecule has 0 aliphatic carbocycles. The van der Waals surface area contributed by atoms with Gasteiger partial charge in [-0.3, -0.25) is 10.00 Å². The van der Waals surface area contributed by atoms with Gasteiger partial charge in [-0.25, -0.2) is 14.2 Å². The number of hydrogen-bond donors (Lipinski definition) is 2. The largest absolute Gasteiger partial charge is 0.376 e. The summed E-state index contributed by atoms with van der Waals surface area (Å²) in [6.07, 6.45) is 2.16. The Bertz CT molecular complexity index is 1130. The number of pyridine rings is 1. The third-order valence-corrected chi connectivity index (χ3v) is 4.97. The summed E-state index contributed by atoms with van der Waals surface area (Å²) in [5.41, 5.74) is 3.61. The van der Waals surface area contributed by atoms with Crippen LogP contribution in [0.25, 0.3) is 0 Å². The lowest BCUT2D eigenvalue weighted by molar-refractivity contribution is 0.109. The molecule has 152 valence electrons. The molecule has 0 saturated carbocycles. The van der Waals surface area contributed by atoms with Crippen molar-refractivity contribution in [2.75, 3.05) is 16.8 Å². The number of aromatic nitrogens is 3. The Hall–Kier alpha value is -3.48. The SMILES string of the molecule is N#Cc1ccc(N(Cc2n[nH]c3c2COCC3)C(=O)Nc2ccc(F)c(Cl)c2)cn1. The quantitative estimate of drug-likeness (QED) is 0.660. The normalized spacial score (nSPS) is 12.7. The minimum Gasteiger partial charge on any atom is -0.376 e. The van der Waals surface area contributed by atoms with Gasteiger partial charge in [0.15, 0.2) is 0 Å². The number of fused-ring (bicyclic) bond motifs is 1. The molecule has 2 N–H and O–H groups in total. The lowest BCUT2D eigenvalue weighted by Crippen LogP contribution is -2.35. The summed E-state index contributed by atoms with van der Waals surface area (Å²) < 4.78 is 18.9. The number of ether oxygens (including phenoxy) is 1. The molecule has 0 bridgehead atoms. The maximum atomic E-state index is 13.4. The summed E-state index contributed by atoms with van der Waals surface area (Å²) in [6, 6.07) is 8.52. The summed E-state index contributed by atoms with van der Waals surface area (Å²) in [5.74, 6) is -0.578. The number of aromatic amines is 1. The van der Waals surface area contributed by atoms with E-state index >= 15 is 0 Å². The number of H-pyrrole nitrogens is 1. The molecule has 30 heavy (non-hydrogen) atoms. The fraction of sp³-hybridized carbons (Fsp3) is 0.200. The molecule has 1 aromatic carbocycles. The van der Waals surface area contributed by atoms with Crippen molar-refractivity contribution in [3.8, 4) is 6.07 Å². The fourth-order valence-corrected chi connectivity index (χ4v) is 3.29. The number of amides is 2. The molecule has 2 aromatic heterocycles. The van der Waals surface area contributed by atoms with Crippen LogP contribution in [0.2, 0.25) is 5.02 Å². The van der Waals surface area contributed by atoms with E-state index in [2.05, 4.69) is 20.5 Å². The zero-order chi connectivity index (χ0) is 21.1. The van der Waals surface area contributed by atoms with Crippen LogP contribution in [-0.4, -0.2) is 27.8 Å². The first-order chi connectivity index (χ1) is 14.5. The van der Waals surface area contributed by atoms with E-state index in [1.165, 1.54) is 35.4 Å². The first kappa shape index (κ1) is 19.8. The van der Waals surface area contributed by atoms with Crippen molar-refractivity contribution in [3.05, 3.63) is 70.0 Å². The van der Waals surface area contributed by atoms with Crippen LogP contribution in [0.3, 0.4) is 0 Å². The summed E-state index contributed by atoms with van der Waals surface area (Å²) in [4.78, 5) is 18.5. The smallest absolute Gasteiger partial charge is 0.326 e. The Morgan fingerprint density at radius 3 is 3.00 bits per heavy atom. The zero-order valence-electron chi connectivity index (χ0n) is 15.7. The van der Waals surface area contributed by atoms with E-state index in [1.807, 2.05) is 6.07 Å². The standard InChI is InChI=1S/C20H16ClFN6O2/c21-16-7-12(2-4-17(16)22)25-20(29)28(14-3-1-13(8-23)24-9-14)10-19-15-11-30-6-5-18(15)26-27-19/h1-4,7,9H,5-6,10-11H2,(H,25,29)(H,26,27). The van der Waals surface area contributed by atoms with Crippen LogP contribution in [0.1, 0.15) is 22.6 Å². The number of carbonyl (C=O) groups excluding carboxylic acids is 1. The Balaban J connectivity index is 1.64. The second-order valence-corrected chi connectivity index (χ2v) is 7.00. The fourth-order valence-electron chi connectivity index (χ4n) is 3.11. The second kappa shape index (κ2) is 8.49. The molecule has 0 atom stereocenters. The molecule has 1 aliphatic rings. The predicted molar refractivity (Wildman–Crippen MR) is 108 cm³/mol. The number of nitrogens with one attached hydrogen (secondary N) is 2. The first-order valence-electron chi connectivity index (χ1n) is 9.07. The van der Waals surface area contributed by atoms with E-state index in [-0.39, 0.29) is 17.3 Å². The molecular formula is C20H16ClFN6O2. The van der Waals surface area contributed by atoms with Gasteiger partial charge >= 0.3 is 6.03 Å². The highest BCUT2D eigenvalue weighted by Gasteiger charge is 2.23. The van der Waals surface area contributed by atoms with Crippen molar-refractivity contribution in [1.29, 1.82) is 5.26 Å². The van der Waals surface area contributed by atoms with E-state index in [4.69, 9.17) is 21.6 Å². The van der Waals surface area contributed by atoms with Gasteiger partial charge in [-0.05, 0) is 30.3 Å². The monoisotopic (exact) mass is 426 g/mol. The number of benzene rings is 1. The van der Waals surface area contributed by atoms with Gasteiger partial charge in [0.2, 0.25) is 0 Å². The second-order valence-electron chi connectivity index (χ2n) is 6.59. The van der Waals surface area contributed by atoms with Crippen LogP contribution in [0.15, 0.2) is 36.5 Å². The molecule has 0 spiro atoms. The highest BCUT2D eigenvalue weighted by Crippen LogP contribution is 2.24. The topological polar surface area (TPSA) is 107 Å². The predicted octanol–water partition coefficient (Wildman–Crippen LogP) is 3.78. The number of rotatable bonds is 4. The molecule has 0 radical (unpaired) electrons. The van der Waals surface area contributed by atoms with Gasteiger partial charge in [-0.2, -0.15) is 10.4 Å². The number of anilines is 2. The third-order valence-electron chi connectivity index (χ3n) is 4.68. The number of hydrogen-bond acceptors (Lipinski definition) is 5. The molecule has 0 saturated heterocycles. The maximum absolute atomic E-state index is 13.4. The molecule has 0 unspecified atom stereocenters. The van der Waals surface area contributed by atoms with Crippen molar-refractivity contribution in [2.24, 2.45) is 0 Å². The minimum absolute atomic E-state index is 0.0992. The summed E-state index contributed by atoms with van der Waals surface area (Å²) in [6.45, 7) is 1.17. The third kappa shape index (κ3) is 4.10. The molecule has 0 fully saturated rings. The van der Waals surface area contributed by atoms with Gasteiger partial charge < -0.3 is 10.1 Å². The van der Waals surface area contributed by atoms with Crippen LogP contribution in [0, 0.1) is 17.1 Å². The number of urea groups is 1. The molecule has 3 aromatic rings. The van der Waals surface area contributed by atoms with E-state index < -0.39 is 11.8 Å². The van der Waals surface area contributed by atoms with E-state index in [0.29, 0.717) is 30.3 Å². The lowest BCUT2D eigenvalue weighted by Gasteiger charge is -2.23. The first-order valence-corrected chi connectivity index (χ1v) is 9.45. The van der Waals surface area contributed by atoms with Crippen molar-refractivity contribution in [1.82, 2.24) is 15.2 Å². The molecule has 3 heterocycles. The molecule has 1 aliphatic heterocycles. The maximum Gasteiger partial charge on any atom is 0.326 e. The number of halogens is 2. The molecule has 2 amide bonds. The van der Waals surface area contributed by atoms with Gasteiger partial charge in [0.25, 0.3) is 0 Å². The highest BCUT2D eigenvalue weighted by molar-refractivity contribution is 6.31. The van der Waals surface area contributed by atoms with E-state index in [9.17, 15) is 9.18 Å². The Kier molecular flexibility index (Phi) is 5.61.